The van der Waals surface area contributed by atoms with E-state index >= 15 is 0 Å². The highest BCUT2D eigenvalue weighted by molar-refractivity contribution is 6.09. The molecule has 138 valence electrons. The third kappa shape index (κ3) is 3.18. The predicted molar refractivity (Wildman–Crippen MR) is 94.5 cm³/mol. The zero-order valence-electron chi connectivity index (χ0n) is 15.3. The van der Waals surface area contributed by atoms with Gasteiger partial charge in [-0.15, -0.1) is 0 Å². The van der Waals surface area contributed by atoms with Crippen molar-refractivity contribution in [1.29, 1.82) is 0 Å². The number of nitrogens with zero attached hydrogens (tertiary/aromatic N) is 2. The Balaban J connectivity index is 1.73. The van der Waals surface area contributed by atoms with Crippen LogP contribution in [0, 0.1) is 5.92 Å². The lowest BCUT2D eigenvalue weighted by molar-refractivity contribution is -0.139. The molecule has 4 amide bonds. The Morgan fingerprint density at radius 3 is 2.76 bits per heavy atom. The molecule has 1 N–H and O–H groups in total. The number of imide groups is 1. The lowest BCUT2D eigenvalue weighted by atomic mass is 9.73. The summed E-state index contributed by atoms with van der Waals surface area (Å²) in [7, 11) is 0. The summed E-state index contributed by atoms with van der Waals surface area (Å²) in [4.78, 5) is 41.1. The van der Waals surface area contributed by atoms with E-state index in [0.29, 0.717) is 13.0 Å². The number of allylic oxidation sites excluding steroid dienone is 2. The Hall–Kier alpha value is -1.85. The van der Waals surface area contributed by atoms with Gasteiger partial charge < -0.3 is 10.2 Å². The van der Waals surface area contributed by atoms with E-state index in [1.54, 1.807) is 4.90 Å². The lowest BCUT2D eigenvalue weighted by Gasteiger charge is -2.37. The summed E-state index contributed by atoms with van der Waals surface area (Å²) in [5.41, 5.74) is 0.239. The topological polar surface area (TPSA) is 69.7 Å². The van der Waals surface area contributed by atoms with Crippen LogP contribution in [0.1, 0.15) is 65.2 Å². The summed E-state index contributed by atoms with van der Waals surface area (Å²) in [6, 6.07) is -0.416. The first-order chi connectivity index (χ1) is 12.0. The molecular weight excluding hydrogens is 318 g/mol. The molecule has 0 aromatic carbocycles. The molecule has 3 rings (SSSR count). The van der Waals surface area contributed by atoms with Crippen LogP contribution in [0.4, 0.5) is 4.79 Å². The van der Waals surface area contributed by atoms with Crippen LogP contribution in [0.15, 0.2) is 11.8 Å². The number of hydrogen-bond donors (Lipinski definition) is 1. The summed E-state index contributed by atoms with van der Waals surface area (Å²) >= 11 is 0. The number of amides is 4. The van der Waals surface area contributed by atoms with E-state index in [1.807, 2.05) is 13.8 Å². The molecular formula is C19H29N3O3. The van der Waals surface area contributed by atoms with Gasteiger partial charge in [0, 0.05) is 12.2 Å². The molecule has 25 heavy (non-hydrogen) atoms. The smallest absolute Gasteiger partial charge is 0.323 e. The number of likely N-dealkylation sites (N-methyl/N-ethyl adjacent to an activating group) is 1. The second-order valence-electron chi connectivity index (χ2n) is 7.52. The zero-order valence-corrected chi connectivity index (χ0v) is 15.3. The van der Waals surface area contributed by atoms with E-state index in [1.165, 1.54) is 0 Å². The van der Waals surface area contributed by atoms with E-state index in [9.17, 15) is 14.4 Å². The Bertz CT molecular complexity index is 601. The molecule has 1 aliphatic heterocycles. The van der Waals surface area contributed by atoms with Gasteiger partial charge in [0.25, 0.3) is 5.91 Å². The average molecular weight is 347 g/mol. The molecule has 2 atom stereocenters. The molecule has 1 saturated carbocycles. The normalized spacial score (nSPS) is 29.6. The van der Waals surface area contributed by atoms with Crippen LogP contribution in [-0.2, 0) is 9.59 Å². The molecule has 1 heterocycles. The monoisotopic (exact) mass is 347 g/mol. The largest absolute Gasteiger partial charge is 0.325 e. The fourth-order valence-corrected chi connectivity index (χ4v) is 4.47. The van der Waals surface area contributed by atoms with Crippen molar-refractivity contribution in [3.63, 3.8) is 0 Å². The summed E-state index contributed by atoms with van der Waals surface area (Å²) in [6.45, 7) is 4.36. The molecule has 0 radical (unpaired) electrons. The first-order valence-corrected chi connectivity index (χ1v) is 9.63. The lowest BCUT2D eigenvalue weighted by Crippen LogP contribution is -2.54. The number of carbonyl (C=O) groups excluding carboxylic acids is 3. The van der Waals surface area contributed by atoms with E-state index in [-0.39, 0.29) is 24.3 Å². The van der Waals surface area contributed by atoms with Crippen molar-refractivity contribution >= 4 is 17.8 Å². The molecule has 1 spiro atoms. The number of carbonyl (C=O) groups is 3. The third-order valence-corrected chi connectivity index (χ3v) is 6.03. The molecule has 0 bridgehead atoms. The molecule has 2 fully saturated rings. The van der Waals surface area contributed by atoms with Crippen LogP contribution in [0.25, 0.3) is 0 Å². The maximum Gasteiger partial charge on any atom is 0.325 e. The van der Waals surface area contributed by atoms with Crippen molar-refractivity contribution in [2.75, 3.05) is 13.1 Å². The SMILES string of the molecule is CCN(C(=O)CN1C(=O)N[C@@]2(CCCC[C@H]2C)C1=O)C1=CCCCC1. The van der Waals surface area contributed by atoms with Crippen molar-refractivity contribution in [3.8, 4) is 0 Å². The zero-order chi connectivity index (χ0) is 18.0. The van der Waals surface area contributed by atoms with Gasteiger partial charge in [0.05, 0.1) is 0 Å². The molecule has 1 saturated heterocycles. The van der Waals surface area contributed by atoms with E-state index < -0.39 is 11.6 Å². The third-order valence-electron chi connectivity index (χ3n) is 6.03. The molecule has 3 aliphatic rings. The Morgan fingerprint density at radius 2 is 2.12 bits per heavy atom. The van der Waals surface area contributed by atoms with Crippen LogP contribution in [0.5, 0.6) is 0 Å². The van der Waals surface area contributed by atoms with Crippen molar-refractivity contribution in [2.24, 2.45) is 5.92 Å². The number of rotatable bonds is 4. The number of urea groups is 1. The van der Waals surface area contributed by atoms with Crippen LogP contribution >= 0.6 is 0 Å². The molecule has 0 unspecified atom stereocenters. The maximum absolute atomic E-state index is 13.0. The first-order valence-electron chi connectivity index (χ1n) is 9.63. The minimum absolute atomic E-state index is 0.112. The van der Waals surface area contributed by atoms with Gasteiger partial charge in [-0.05, 0) is 51.4 Å². The summed E-state index contributed by atoms with van der Waals surface area (Å²) < 4.78 is 0. The predicted octanol–water partition coefficient (Wildman–Crippen LogP) is 2.79. The molecule has 0 aromatic rings. The van der Waals surface area contributed by atoms with E-state index in [0.717, 1.165) is 55.5 Å². The van der Waals surface area contributed by atoms with E-state index in [4.69, 9.17) is 0 Å². The summed E-state index contributed by atoms with van der Waals surface area (Å²) in [5, 5.41) is 2.91. The van der Waals surface area contributed by atoms with Gasteiger partial charge in [0.1, 0.15) is 12.1 Å². The molecule has 2 aliphatic carbocycles. The number of nitrogens with one attached hydrogen (secondary N) is 1. The van der Waals surface area contributed by atoms with Crippen LogP contribution in [-0.4, -0.2) is 46.3 Å². The second kappa shape index (κ2) is 7.18. The fourth-order valence-electron chi connectivity index (χ4n) is 4.47. The van der Waals surface area contributed by atoms with Gasteiger partial charge in [-0.3, -0.25) is 14.5 Å². The minimum atomic E-state index is -0.795. The van der Waals surface area contributed by atoms with Crippen LogP contribution in [0.3, 0.4) is 0 Å². The minimum Gasteiger partial charge on any atom is -0.323 e. The quantitative estimate of drug-likeness (QED) is 0.795. The fraction of sp³-hybridized carbons (Fsp3) is 0.737. The highest BCUT2D eigenvalue weighted by Gasteiger charge is 2.55. The van der Waals surface area contributed by atoms with Crippen LogP contribution < -0.4 is 5.32 Å². The van der Waals surface area contributed by atoms with Crippen molar-refractivity contribution < 1.29 is 14.4 Å². The molecule has 6 nitrogen and oxygen atoms in total. The highest BCUT2D eigenvalue weighted by Crippen LogP contribution is 2.38. The van der Waals surface area contributed by atoms with Crippen LogP contribution in [0.2, 0.25) is 0 Å². The molecule has 6 heteroatoms. The van der Waals surface area contributed by atoms with Gasteiger partial charge in [-0.1, -0.05) is 25.8 Å². The first kappa shape index (κ1) is 18.0. The van der Waals surface area contributed by atoms with Crippen molar-refractivity contribution in [2.45, 2.75) is 70.8 Å². The Kier molecular flexibility index (Phi) is 5.16. The van der Waals surface area contributed by atoms with Gasteiger partial charge in [-0.2, -0.15) is 0 Å². The summed E-state index contributed by atoms with van der Waals surface area (Å²) in [6.07, 6.45) is 9.86. The van der Waals surface area contributed by atoms with Crippen molar-refractivity contribution in [1.82, 2.24) is 15.1 Å². The van der Waals surface area contributed by atoms with Gasteiger partial charge in [-0.25, -0.2) is 4.79 Å². The van der Waals surface area contributed by atoms with E-state index in [2.05, 4.69) is 11.4 Å². The number of hydrogen-bond acceptors (Lipinski definition) is 3. The van der Waals surface area contributed by atoms with Gasteiger partial charge in [0.2, 0.25) is 5.91 Å². The summed E-state index contributed by atoms with van der Waals surface area (Å²) in [5.74, 6) is -0.271. The van der Waals surface area contributed by atoms with Gasteiger partial charge >= 0.3 is 6.03 Å². The molecule has 0 aromatic heterocycles. The Labute approximate surface area is 149 Å². The highest BCUT2D eigenvalue weighted by atomic mass is 16.2. The van der Waals surface area contributed by atoms with Gasteiger partial charge in [0.15, 0.2) is 0 Å². The second-order valence-corrected chi connectivity index (χ2v) is 7.52. The Morgan fingerprint density at radius 1 is 1.32 bits per heavy atom. The average Bonchev–Trinajstić information content (AvgIpc) is 2.84. The van der Waals surface area contributed by atoms with Crippen molar-refractivity contribution in [3.05, 3.63) is 11.8 Å². The standard InChI is InChI=1S/C19H29N3O3/c1-3-21(15-10-5-4-6-11-15)16(23)13-22-17(24)19(20-18(22)25)12-8-7-9-14(19)2/h10,14H,3-9,11-13H2,1-2H3,(H,20,25)/t14-,19-/m1/s1. The maximum atomic E-state index is 13.0.